The molecular formula is C18H21N3OS. The van der Waals surface area contributed by atoms with Crippen LogP contribution < -0.4 is 5.32 Å². The van der Waals surface area contributed by atoms with E-state index in [-0.39, 0.29) is 17.2 Å². The first-order valence-corrected chi connectivity index (χ1v) is 9.05. The first-order valence-electron chi connectivity index (χ1n) is 8.18. The van der Waals surface area contributed by atoms with E-state index in [0.29, 0.717) is 0 Å². The Labute approximate surface area is 140 Å². The van der Waals surface area contributed by atoms with Gasteiger partial charge in [0, 0.05) is 30.1 Å². The largest absolute Gasteiger partial charge is 0.351 e. The summed E-state index contributed by atoms with van der Waals surface area (Å²) < 4.78 is 2.18. The number of carbonyl (C=O) groups is 1. The van der Waals surface area contributed by atoms with E-state index in [9.17, 15) is 4.79 Å². The molecule has 1 aromatic heterocycles. The lowest BCUT2D eigenvalue weighted by molar-refractivity contribution is -0.121. The Morgan fingerprint density at radius 1 is 1.39 bits per heavy atom. The summed E-state index contributed by atoms with van der Waals surface area (Å²) in [5.41, 5.74) is 3.62. The Bertz CT molecular complexity index is 768. The maximum Gasteiger partial charge on any atom is 0.234 e. The molecule has 1 N–H and O–H groups in total. The summed E-state index contributed by atoms with van der Waals surface area (Å²) in [5, 5.41) is 3.26. The summed E-state index contributed by atoms with van der Waals surface area (Å²) >= 11 is 1.71. The second-order valence-corrected chi connectivity index (χ2v) is 7.86. The van der Waals surface area contributed by atoms with Crippen LogP contribution >= 0.6 is 11.8 Å². The van der Waals surface area contributed by atoms with Crippen molar-refractivity contribution in [2.75, 3.05) is 0 Å². The quantitative estimate of drug-likeness (QED) is 0.922. The summed E-state index contributed by atoms with van der Waals surface area (Å²) in [6, 6.07) is 6.69. The Kier molecular flexibility index (Phi) is 3.68. The van der Waals surface area contributed by atoms with Crippen LogP contribution in [-0.4, -0.2) is 26.8 Å². The zero-order valence-corrected chi connectivity index (χ0v) is 14.3. The molecule has 5 heteroatoms. The number of fused-ring (bicyclic) bond motifs is 2. The normalized spacial score (nSPS) is 22.5. The van der Waals surface area contributed by atoms with Crippen LogP contribution in [0.2, 0.25) is 0 Å². The van der Waals surface area contributed by atoms with Gasteiger partial charge in [-0.2, -0.15) is 0 Å². The van der Waals surface area contributed by atoms with Gasteiger partial charge in [0.1, 0.15) is 5.82 Å². The van der Waals surface area contributed by atoms with Crippen molar-refractivity contribution in [3.8, 4) is 0 Å². The molecule has 2 aliphatic heterocycles. The van der Waals surface area contributed by atoms with Crippen molar-refractivity contribution in [1.82, 2.24) is 14.9 Å². The standard InChI is InChI=1S/C18H21N3OS/c1-11-3-4-13-8-16(23-15(13)7-11)18(22)20-14-5-6-17-19-12(2)9-21(17)10-14/h3-4,7,9,14,16H,5-6,8,10H2,1-2H3,(H,20,22)/t14-,16-/m1/s1. The maximum absolute atomic E-state index is 12.6. The summed E-state index contributed by atoms with van der Waals surface area (Å²) in [5.74, 6) is 1.32. The van der Waals surface area contributed by atoms with E-state index in [1.807, 2.05) is 6.92 Å². The van der Waals surface area contributed by atoms with Crippen molar-refractivity contribution < 1.29 is 4.79 Å². The molecule has 0 spiro atoms. The van der Waals surface area contributed by atoms with Gasteiger partial charge in [-0.1, -0.05) is 17.7 Å². The predicted octanol–water partition coefficient (Wildman–Crippen LogP) is 2.65. The molecule has 0 radical (unpaired) electrons. The topological polar surface area (TPSA) is 46.9 Å². The molecule has 23 heavy (non-hydrogen) atoms. The van der Waals surface area contributed by atoms with Gasteiger partial charge in [0.05, 0.1) is 10.9 Å². The van der Waals surface area contributed by atoms with Gasteiger partial charge in [0.15, 0.2) is 0 Å². The highest BCUT2D eigenvalue weighted by atomic mass is 32.2. The number of nitrogens with zero attached hydrogens (tertiary/aromatic N) is 2. The molecule has 2 atom stereocenters. The van der Waals surface area contributed by atoms with Gasteiger partial charge >= 0.3 is 0 Å². The minimum absolute atomic E-state index is 0.0118. The number of benzene rings is 1. The average molecular weight is 327 g/mol. The van der Waals surface area contributed by atoms with Crippen molar-refractivity contribution in [2.45, 2.75) is 55.8 Å². The van der Waals surface area contributed by atoms with Crippen molar-refractivity contribution in [1.29, 1.82) is 0 Å². The molecule has 3 heterocycles. The van der Waals surface area contributed by atoms with Gasteiger partial charge in [0.2, 0.25) is 5.91 Å². The minimum atomic E-state index is 0.0118. The third-order valence-electron chi connectivity index (χ3n) is 4.65. The number of carbonyl (C=O) groups excluding carboxylic acids is 1. The average Bonchev–Trinajstić information content (AvgIpc) is 3.08. The van der Waals surface area contributed by atoms with Crippen LogP contribution in [0.5, 0.6) is 0 Å². The fraction of sp³-hybridized carbons (Fsp3) is 0.444. The first kappa shape index (κ1) is 14.8. The third kappa shape index (κ3) is 2.90. The molecule has 120 valence electrons. The van der Waals surface area contributed by atoms with Crippen LogP contribution in [0.3, 0.4) is 0 Å². The van der Waals surface area contributed by atoms with E-state index in [1.165, 1.54) is 16.0 Å². The molecule has 0 fully saturated rings. The number of hydrogen-bond acceptors (Lipinski definition) is 3. The lowest BCUT2D eigenvalue weighted by Crippen LogP contribution is -2.44. The number of hydrogen-bond donors (Lipinski definition) is 1. The van der Waals surface area contributed by atoms with Gasteiger partial charge in [-0.25, -0.2) is 4.98 Å². The maximum atomic E-state index is 12.6. The molecule has 2 aromatic rings. The zero-order chi connectivity index (χ0) is 16.0. The lowest BCUT2D eigenvalue weighted by atomic mass is 10.1. The Hall–Kier alpha value is -1.75. The Morgan fingerprint density at radius 3 is 3.13 bits per heavy atom. The van der Waals surface area contributed by atoms with E-state index in [4.69, 9.17) is 0 Å². The van der Waals surface area contributed by atoms with Crippen LogP contribution in [0, 0.1) is 13.8 Å². The van der Waals surface area contributed by atoms with Crippen molar-refractivity contribution in [2.24, 2.45) is 0 Å². The number of aromatic nitrogens is 2. The van der Waals surface area contributed by atoms with Gasteiger partial charge in [-0.15, -0.1) is 11.8 Å². The molecule has 0 unspecified atom stereocenters. The molecule has 1 aromatic carbocycles. The number of imidazole rings is 1. The van der Waals surface area contributed by atoms with Gasteiger partial charge in [-0.05, 0) is 38.3 Å². The second-order valence-electron chi connectivity index (χ2n) is 6.62. The van der Waals surface area contributed by atoms with E-state index in [0.717, 1.165) is 37.3 Å². The first-order chi connectivity index (χ1) is 11.1. The number of amides is 1. The number of aryl methyl sites for hydroxylation is 3. The lowest BCUT2D eigenvalue weighted by Gasteiger charge is -2.25. The van der Waals surface area contributed by atoms with Gasteiger partial charge in [0.25, 0.3) is 0 Å². The van der Waals surface area contributed by atoms with Crippen LogP contribution in [0.25, 0.3) is 0 Å². The van der Waals surface area contributed by atoms with Gasteiger partial charge < -0.3 is 9.88 Å². The van der Waals surface area contributed by atoms with E-state index >= 15 is 0 Å². The molecule has 0 aliphatic carbocycles. The highest BCUT2D eigenvalue weighted by molar-refractivity contribution is 8.01. The summed E-state index contributed by atoms with van der Waals surface area (Å²) in [6.45, 7) is 4.96. The minimum Gasteiger partial charge on any atom is -0.351 e. The molecule has 4 nitrogen and oxygen atoms in total. The van der Waals surface area contributed by atoms with E-state index in [1.54, 1.807) is 11.8 Å². The highest BCUT2D eigenvalue weighted by Gasteiger charge is 2.30. The van der Waals surface area contributed by atoms with E-state index in [2.05, 4.69) is 46.2 Å². The van der Waals surface area contributed by atoms with Crippen LogP contribution in [0.4, 0.5) is 0 Å². The number of thioether (sulfide) groups is 1. The fourth-order valence-corrected chi connectivity index (χ4v) is 4.78. The SMILES string of the molecule is Cc1ccc2c(c1)S[C@@H](C(=O)N[C@@H]1CCc3nc(C)cn3C1)C2. The summed E-state index contributed by atoms with van der Waals surface area (Å²) in [6.07, 6.45) is 4.84. The highest BCUT2D eigenvalue weighted by Crippen LogP contribution is 2.37. The second kappa shape index (κ2) is 5.71. The van der Waals surface area contributed by atoms with Crippen molar-refractivity contribution >= 4 is 17.7 Å². The van der Waals surface area contributed by atoms with Crippen molar-refractivity contribution in [3.05, 3.63) is 47.0 Å². The zero-order valence-electron chi connectivity index (χ0n) is 13.5. The van der Waals surface area contributed by atoms with Gasteiger partial charge in [-0.3, -0.25) is 4.79 Å². The monoisotopic (exact) mass is 327 g/mol. The summed E-state index contributed by atoms with van der Waals surface area (Å²) in [7, 11) is 0. The Balaban J connectivity index is 1.40. The number of nitrogens with one attached hydrogen (secondary N) is 1. The molecule has 0 bridgehead atoms. The van der Waals surface area contributed by atoms with E-state index < -0.39 is 0 Å². The predicted molar refractivity (Wildman–Crippen MR) is 91.7 cm³/mol. The molecular weight excluding hydrogens is 306 g/mol. The molecule has 0 saturated heterocycles. The number of rotatable bonds is 2. The Morgan fingerprint density at radius 2 is 2.26 bits per heavy atom. The third-order valence-corrected chi connectivity index (χ3v) is 5.95. The molecule has 0 saturated carbocycles. The summed E-state index contributed by atoms with van der Waals surface area (Å²) in [4.78, 5) is 18.4. The fourth-order valence-electron chi connectivity index (χ4n) is 3.48. The molecule has 4 rings (SSSR count). The smallest absolute Gasteiger partial charge is 0.234 e. The van der Waals surface area contributed by atoms with Crippen LogP contribution in [-0.2, 0) is 24.2 Å². The molecule has 2 aliphatic rings. The molecule has 1 amide bonds. The van der Waals surface area contributed by atoms with Crippen molar-refractivity contribution in [3.63, 3.8) is 0 Å². The van der Waals surface area contributed by atoms with Crippen LogP contribution in [0.1, 0.15) is 29.1 Å². The van der Waals surface area contributed by atoms with Crippen LogP contribution in [0.15, 0.2) is 29.3 Å².